The molecular weight excluding hydrogens is 332 g/mol. The van der Waals surface area contributed by atoms with Crippen LogP contribution in [0, 0.1) is 6.92 Å². The Balaban J connectivity index is 2.83. The van der Waals surface area contributed by atoms with Gasteiger partial charge in [0.2, 0.25) is 5.75 Å². The molecule has 0 radical (unpaired) electrons. The van der Waals surface area contributed by atoms with Crippen molar-refractivity contribution in [3.63, 3.8) is 0 Å². The molecule has 0 saturated carbocycles. The number of ether oxygens (including phenoxy) is 3. The summed E-state index contributed by atoms with van der Waals surface area (Å²) in [6.07, 6.45) is 0. The Kier molecular flexibility index (Phi) is 5.21. The van der Waals surface area contributed by atoms with Gasteiger partial charge in [0.1, 0.15) is 6.61 Å². The van der Waals surface area contributed by atoms with Crippen molar-refractivity contribution in [3.8, 4) is 11.5 Å². The molecule has 0 saturated heterocycles. The van der Waals surface area contributed by atoms with Crippen LogP contribution in [0.2, 0.25) is 0 Å². The maximum atomic E-state index is 11.7. The average Bonchev–Trinajstić information content (AvgIpc) is 2.47. The van der Waals surface area contributed by atoms with Gasteiger partial charge in [-0.05, 0) is 18.6 Å². The number of aryl methyl sites for hydroxylation is 1. The van der Waals surface area contributed by atoms with E-state index in [0.29, 0.717) is 10.9 Å². The van der Waals surface area contributed by atoms with Gasteiger partial charge in [-0.2, -0.15) is 0 Å². The van der Waals surface area contributed by atoms with Gasteiger partial charge >= 0.3 is 23.5 Å². The van der Waals surface area contributed by atoms with E-state index in [9.17, 15) is 19.2 Å². The molecule has 0 aliphatic carbocycles. The topological polar surface area (TPSA) is 109 Å². The van der Waals surface area contributed by atoms with E-state index >= 15 is 0 Å². The molecule has 2 aromatic rings. The molecule has 0 N–H and O–H groups in total. The maximum absolute atomic E-state index is 11.7. The highest BCUT2D eigenvalue weighted by atomic mass is 16.6. The molecule has 0 spiro atoms. The molecule has 1 aromatic heterocycles. The van der Waals surface area contributed by atoms with E-state index < -0.39 is 23.5 Å². The lowest BCUT2D eigenvalue weighted by atomic mass is 10.1. The van der Waals surface area contributed by atoms with Crippen molar-refractivity contribution in [3.05, 3.63) is 33.7 Å². The normalized spacial score (nSPS) is 10.4. The summed E-state index contributed by atoms with van der Waals surface area (Å²) in [7, 11) is 0. The van der Waals surface area contributed by atoms with Crippen molar-refractivity contribution >= 4 is 28.9 Å². The number of hydrogen-bond acceptors (Lipinski definition) is 8. The smallest absolute Gasteiger partial charge is 0.336 e. The Hall–Kier alpha value is -3.16. The van der Waals surface area contributed by atoms with E-state index in [1.165, 1.54) is 13.0 Å². The zero-order valence-electron chi connectivity index (χ0n) is 14.1. The molecule has 132 valence electrons. The molecule has 0 bridgehead atoms. The Labute approximate surface area is 142 Å². The van der Waals surface area contributed by atoms with Crippen LogP contribution in [0.3, 0.4) is 0 Å². The Bertz CT molecular complexity index is 922. The zero-order chi connectivity index (χ0) is 18.7. The highest BCUT2D eigenvalue weighted by molar-refractivity contribution is 5.92. The van der Waals surface area contributed by atoms with Crippen molar-refractivity contribution in [2.75, 3.05) is 0 Å². The fourth-order valence-corrected chi connectivity index (χ4v) is 2.23. The lowest BCUT2D eigenvalue weighted by molar-refractivity contribution is -0.142. The molecule has 0 unspecified atom stereocenters. The minimum Gasteiger partial charge on any atom is -0.461 e. The number of carbonyl (C=O) groups is 3. The van der Waals surface area contributed by atoms with Crippen LogP contribution in [-0.2, 0) is 25.7 Å². The van der Waals surface area contributed by atoms with Gasteiger partial charge in [-0.3, -0.25) is 14.4 Å². The van der Waals surface area contributed by atoms with Gasteiger partial charge in [0, 0.05) is 37.8 Å². The Morgan fingerprint density at radius 1 is 0.960 bits per heavy atom. The largest absolute Gasteiger partial charge is 0.461 e. The minimum atomic E-state index is -0.705. The molecule has 25 heavy (non-hydrogen) atoms. The summed E-state index contributed by atoms with van der Waals surface area (Å²) in [4.78, 5) is 45.7. The van der Waals surface area contributed by atoms with Gasteiger partial charge in [0.15, 0.2) is 11.3 Å². The third-order valence-electron chi connectivity index (χ3n) is 3.15. The Morgan fingerprint density at radius 3 is 2.12 bits per heavy atom. The predicted molar refractivity (Wildman–Crippen MR) is 85.3 cm³/mol. The van der Waals surface area contributed by atoms with Gasteiger partial charge in [0.25, 0.3) is 0 Å². The fraction of sp³-hybridized carbons (Fsp3) is 0.294. The van der Waals surface area contributed by atoms with Crippen LogP contribution in [-0.4, -0.2) is 17.9 Å². The Morgan fingerprint density at radius 2 is 1.56 bits per heavy atom. The number of rotatable bonds is 4. The second-order valence-electron chi connectivity index (χ2n) is 5.29. The molecule has 0 aliphatic heterocycles. The van der Waals surface area contributed by atoms with Gasteiger partial charge in [-0.1, -0.05) is 0 Å². The van der Waals surface area contributed by atoms with Crippen LogP contribution in [0.1, 0.15) is 31.9 Å². The highest BCUT2D eigenvalue weighted by Gasteiger charge is 2.23. The standard InChI is InChI=1S/C17H16O8/c1-8-5-14(21)25-16-13(8)6-12(7-22-9(2)18)15(23-10(3)19)17(16)24-11(4)20/h5-6H,7H2,1-4H3. The molecule has 0 atom stereocenters. The average molecular weight is 348 g/mol. The first-order valence-corrected chi connectivity index (χ1v) is 7.29. The maximum Gasteiger partial charge on any atom is 0.336 e. The lowest BCUT2D eigenvalue weighted by Gasteiger charge is -2.16. The first-order valence-electron chi connectivity index (χ1n) is 7.29. The number of esters is 3. The van der Waals surface area contributed by atoms with E-state index in [1.54, 1.807) is 13.0 Å². The molecule has 0 aliphatic rings. The molecule has 0 fully saturated rings. The van der Waals surface area contributed by atoms with E-state index in [4.69, 9.17) is 18.6 Å². The molecule has 8 heteroatoms. The highest BCUT2D eigenvalue weighted by Crippen LogP contribution is 2.40. The third-order valence-corrected chi connectivity index (χ3v) is 3.15. The first kappa shape index (κ1) is 18.2. The van der Waals surface area contributed by atoms with Crippen LogP contribution in [0.4, 0.5) is 0 Å². The quantitative estimate of drug-likeness (QED) is 0.469. The van der Waals surface area contributed by atoms with Crippen LogP contribution in [0.5, 0.6) is 11.5 Å². The second-order valence-corrected chi connectivity index (χ2v) is 5.29. The lowest BCUT2D eigenvalue weighted by Crippen LogP contribution is -2.12. The van der Waals surface area contributed by atoms with Crippen LogP contribution >= 0.6 is 0 Å². The fourth-order valence-electron chi connectivity index (χ4n) is 2.23. The SMILES string of the molecule is CC(=O)OCc1cc2c(C)cc(=O)oc2c(OC(C)=O)c1OC(C)=O. The first-order chi connectivity index (χ1) is 11.7. The predicted octanol–water partition coefficient (Wildman–Crippen LogP) is 2.02. The van der Waals surface area contributed by atoms with Crippen molar-refractivity contribution in [1.29, 1.82) is 0 Å². The summed E-state index contributed by atoms with van der Waals surface area (Å²) < 4.78 is 20.4. The van der Waals surface area contributed by atoms with Gasteiger partial charge in [0.05, 0.1) is 0 Å². The van der Waals surface area contributed by atoms with E-state index in [2.05, 4.69) is 0 Å². The van der Waals surface area contributed by atoms with Crippen molar-refractivity contribution in [2.45, 2.75) is 34.3 Å². The minimum absolute atomic E-state index is 0.0389. The van der Waals surface area contributed by atoms with Crippen molar-refractivity contribution < 1.29 is 33.0 Å². The van der Waals surface area contributed by atoms with E-state index in [0.717, 1.165) is 13.8 Å². The molecule has 8 nitrogen and oxygen atoms in total. The van der Waals surface area contributed by atoms with E-state index in [-0.39, 0.29) is 29.3 Å². The monoisotopic (exact) mass is 348 g/mol. The van der Waals surface area contributed by atoms with Gasteiger partial charge in [-0.15, -0.1) is 0 Å². The van der Waals surface area contributed by atoms with Crippen molar-refractivity contribution in [1.82, 2.24) is 0 Å². The summed E-state index contributed by atoms with van der Waals surface area (Å²) in [5, 5.41) is 0.453. The van der Waals surface area contributed by atoms with Gasteiger partial charge < -0.3 is 18.6 Å². The van der Waals surface area contributed by atoms with Gasteiger partial charge in [-0.25, -0.2) is 4.79 Å². The number of benzene rings is 1. The molecule has 0 amide bonds. The summed E-state index contributed by atoms with van der Waals surface area (Å²) in [5.41, 5.74) is 0.145. The van der Waals surface area contributed by atoms with E-state index in [1.807, 2.05) is 0 Å². The summed E-state index contributed by atoms with van der Waals surface area (Å²) >= 11 is 0. The number of fused-ring (bicyclic) bond motifs is 1. The van der Waals surface area contributed by atoms with Crippen LogP contribution in [0.15, 0.2) is 21.3 Å². The number of carbonyl (C=O) groups excluding carboxylic acids is 3. The van der Waals surface area contributed by atoms with Crippen LogP contribution < -0.4 is 15.1 Å². The summed E-state index contributed by atoms with van der Waals surface area (Å²) in [6.45, 7) is 4.97. The molecular formula is C17H16O8. The third kappa shape index (κ3) is 4.23. The zero-order valence-corrected chi connectivity index (χ0v) is 14.1. The molecule has 1 aromatic carbocycles. The van der Waals surface area contributed by atoms with Crippen molar-refractivity contribution in [2.24, 2.45) is 0 Å². The van der Waals surface area contributed by atoms with Crippen LogP contribution in [0.25, 0.3) is 11.0 Å². The second kappa shape index (κ2) is 7.16. The summed E-state index contributed by atoms with van der Waals surface area (Å²) in [5.74, 6) is -2.30. The summed E-state index contributed by atoms with van der Waals surface area (Å²) in [6, 6.07) is 2.81. The molecule has 1 heterocycles. The number of hydrogen-bond donors (Lipinski definition) is 0. The molecule has 2 rings (SSSR count).